The third kappa shape index (κ3) is 2.10. The maximum Gasteiger partial charge on any atom is 0.273 e. The molecule has 0 saturated carbocycles. The van der Waals surface area contributed by atoms with Crippen molar-refractivity contribution in [2.24, 2.45) is 0 Å². The van der Waals surface area contributed by atoms with Gasteiger partial charge in [0.25, 0.3) is 5.91 Å². The third-order valence-corrected chi connectivity index (χ3v) is 2.43. The molecule has 0 bridgehead atoms. The molecule has 0 atom stereocenters. The highest BCUT2D eigenvalue weighted by Crippen LogP contribution is 2.12. The van der Waals surface area contributed by atoms with Gasteiger partial charge in [-0.1, -0.05) is 0 Å². The zero-order valence-electron chi connectivity index (χ0n) is 7.56. The molecule has 2 aromatic rings. The molecule has 15 heavy (non-hydrogen) atoms. The van der Waals surface area contributed by atoms with E-state index in [4.69, 9.17) is 0 Å². The van der Waals surface area contributed by atoms with Gasteiger partial charge in [0, 0.05) is 23.3 Å². The first-order chi connectivity index (χ1) is 7.29. The van der Waals surface area contributed by atoms with Crippen LogP contribution in [0.25, 0.3) is 0 Å². The van der Waals surface area contributed by atoms with E-state index < -0.39 is 0 Å². The van der Waals surface area contributed by atoms with Gasteiger partial charge in [0.1, 0.15) is 5.69 Å². The molecule has 76 valence electrons. The molecule has 0 radical (unpaired) electrons. The van der Waals surface area contributed by atoms with Crippen LogP contribution in [0.5, 0.6) is 0 Å². The average molecular weight is 221 g/mol. The zero-order valence-corrected chi connectivity index (χ0v) is 8.38. The summed E-state index contributed by atoms with van der Waals surface area (Å²) >= 11 is 1.33. The Bertz CT molecular complexity index is 475. The Balaban J connectivity index is 2.11. The van der Waals surface area contributed by atoms with Gasteiger partial charge in [0.2, 0.25) is 0 Å². The maximum absolute atomic E-state index is 11.5. The molecule has 0 aliphatic rings. The first-order valence-corrected chi connectivity index (χ1v) is 5.02. The Morgan fingerprint density at radius 1 is 1.60 bits per heavy atom. The quantitative estimate of drug-likeness (QED) is 0.772. The standard InChI is InChI=1S/C9H7N3O2S/c13-5-6-3-7(11-4-6)8(14)12-9-10-1-2-15-9/h1-5,11H,(H,10,12,14). The number of H-pyrrole nitrogens is 1. The Morgan fingerprint density at radius 3 is 3.07 bits per heavy atom. The van der Waals surface area contributed by atoms with Crippen molar-refractivity contribution < 1.29 is 9.59 Å². The Morgan fingerprint density at radius 2 is 2.47 bits per heavy atom. The van der Waals surface area contributed by atoms with Gasteiger partial charge in [-0.15, -0.1) is 11.3 Å². The molecule has 6 heteroatoms. The maximum atomic E-state index is 11.5. The van der Waals surface area contributed by atoms with Crippen LogP contribution < -0.4 is 5.32 Å². The van der Waals surface area contributed by atoms with Crippen LogP contribution in [0.1, 0.15) is 20.8 Å². The predicted molar refractivity (Wildman–Crippen MR) is 56.2 cm³/mol. The number of amides is 1. The van der Waals surface area contributed by atoms with E-state index in [0.717, 1.165) is 0 Å². The van der Waals surface area contributed by atoms with Gasteiger partial charge in [0.05, 0.1) is 0 Å². The summed E-state index contributed by atoms with van der Waals surface area (Å²) in [6, 6.07) is 1.48. The summed E-state index contributed by atoms with van der Waals surface area (Å²) in [7, 11) is 0. The van der Waals surface area contributed by atoms with Crippen molar-refractivity contribution in [3.8, 4) is 0 Å². The Labute approximate surface area is 89.2 Å². The van der Waals surface area contributed by atoms with Crippen molar-refractivity contribution in [3.63, 3.8) is 0 Å². The molecule has 0 saturated heterocycles. The second-order valence-electron chi connectivity index (χ2n) is 2.76. The summed E-state index contributed by atoms with van der Waals surface area (Å²) in [4.78, 5) is 28.6. The summed E-state index contributed by atoms with van der Waals surface area (Å²) in [5.74, 6) is -0.307. The van der Waals surface area contributed by atoms with Crippen molar-refractivity contribution >= 4 is 28.7 Å². The number of carbonyl (C=O) groups excluding carboxylic acids is 2. The average Bonchev–Trinajstić information content (AvgIpc) is 2.86. The van der Waals surface area contributed by atoms with E-state index in [9.17, 15) is 9.59 Å². The van der Waals surface area contributed by atoms with Gasteiger partial charge in [-0.05, 0) is 6.07 Å². The van der Waals surface area contributed by atoms with E-state index in [0.29, 0.717) is 22.7 Å². The van der Waals surface area contributed by atoms with Crippen molar-refractivity contribution in [1.82, 2.24) is 9.97 Å². The number of aldehydes is 1. The molecule has 2 rings (SSSR count). The van der Waals surface area contributed by atoms with Crippen LogP contribution in [-0.2, 0) is 0 Å². The summed E-state index contributed by atoms with van der Waals surface area (Å²) in [5.41, 5.74) is 0.784. The van der Waals surface area contributed by atoms with E-state index in [-0.39, 0.29) is 5.91 Å². The molecule has 0 unspecified atom stereocenters. The second kappa shape index (κ2) is 4.05. The lowest BCUT2D eigenvalue weighted by Gasteiger charge is -1.97. The zero-order chi connectivity index (χ0) is 10.7. The van der Waals surface area contributed by atoms with Crippen LogP contribution in [0.15, 0.2) is 23.8 Å². The SMILES string of the molecule is O=Cc1c[nH]c(C(=O)Nc2nccs2)c1. The fourth-order valence-corrected chi connectivity index (χ4v) is 1.58. The van der Waals surface area contributed by atoms with Crippen LogP contribution in [0.4, 0.5) is 5.13 Å². The molecule has 2 N–H and O–H groups in total. The number of rotatable bonds is 3. The number of hydrogen-bond donors (Lipinski definition) is 2. The number of nitrogens with one attached hydrogen (secondary N) is 2. The van der Waals surface area contributed by atoms with Crippen LogP contribution in [0.2, 0.25) is 0 Å². The van der Waals surface area contributed by atoms with Crippen molar-refractivity contribution in [3.05, 3.63) is 35.1 Å². The first-order valence-electron chi connectivity index (χ1n) is 4.14. The number of thiazole rings is 1. The van der Waals surface area contributed by atoms with Crippen LogP contribution in [0, 0.1) is 0 Å². The van der Waals surface area contributed by atoms with Gasteiger partial charge in [0.15, 0.2) is 11.4 Å². The van der Waals surface area contributed by atoms with Crippen molar-refractivity contribution in [2.45, 2.75) is 0 Å². The fourth-order valence-electron chi connectivity index (χ4n) is 1.06. The van der Waals surface area contributed by atoms with Crippen LogP contribution in [-0.4, -0.2) is 22.2 Å². The molecule has 0 aliphatic heterocycles. The Kier molecular flexibility index (Phi) is 2.59. The minimum absolute atomic E-state index is 0.307. The fraction of sp³-hybridized carbons (Fsp3) is 0. The lowest BCUT2D eigenvalue weighted by molar-refractivity contribution is 0.102. The number of carbonyl (C=O) groups is 2. The largest absolute Gasteiger partial charge is 0.356 e. The number of anilines is 1. The Hall–Kier alpha value is -1.95. The molecular formula is C9H7N3O2S. The lowest BCUT2D eigenvalue weighted by Crippen LogP contribution is -2.11. The number of aromatic nitrogens is 2. The van der Waals surface area contributed by atoms with Gasteiger partial charge >= 0.3 is 0 Å². The van der Waals surface area contributed by atoms with Gasteiger partial charge in [-0.3, -0.25) is 14.9 Å². The highest BCUT2D eigenvalue weighted by atomic mass is 32.1. The summed E-state index contributed by atoms with van der Waals surface area (Å²) in [6.07, 6.45) is 3.76. The molecule has 2 aromatic heterocycles. The molecule has 0 spiro atoms. The normalized spacial score (nSPS) is 9.87. The second-order valence-corrected chi connectivity index (χ2v) is 3.65. The topological polar surface area (TPSA) is 74.8 Å². The molecule has 2 heterocycles. The monoisotopic (exact) mass is 221 g/mol. The van der Waals surface area contributed by atoms with E-state index in [1.165, 1.54) is 23.6 Å². The minimum Gasteiger partial charge on any atom is -0.356 e. The van der Waals surface area contributed by atoms with Crippen LogP contribution >= 0.6 is 11.3 Å². The predicted octanol–water partition coefficient (Wildman–Crippen LogP) is 1.54. The molecule has 1 amide bonds. The number of aromatic amines is 1. The van der Waals surface area contributed by atoms with Crippen molar-refractivity contribution in [1.29, 1.82) is 0 Å². The third-order valence-electron chi connectivity index (χ3n) is 1.74. The minimum atomic E-state index is -0.307. The summed E-state index contributed by atoms with van der Waals surface area (Å²) in [6.45, 7) is 0. The molecule has 0 aliphatic carbocycles. The highest BCUT2D eigenvalue weighted by molar-refractivity contribution is 7.13. The van der Waals surface area contributed by atoms with Gasteiger partial charge in [-0.2, -0.15) is 0 Å². The summed E-state index contributed by atoms with van der Waals surface area (Å²) in [5, 5.41) is 4.89. The van der Waals surface area contributed by atoms with E-state index in [1.54, 1.807) is 11.6 Å². The number of nitrogens with zero attached hydrogens (tertiary/aromatic N) is 1. The molecular weight excluding hydrogens is 214 g/mol. The number of hydrogen-bond acceptors (Lipinski definition) is 4. The highest BCUT2D eigenvalue weighted by Gasteiger charge is 2.09. The molecule has 5 nitrogen and oxygen atoms in total. The lowest BCUT2D eigenvalue weighted by atomic mass is 10.3. The van der Waals surface area contributed by atoms with Gasteiger partial charge < -0.3 is 4.98 Å². The molecule has 0 fully saturated rings. The van der Waals surface area contributed by atoms with E-state index in [1.807, 2.05) is 0 Å². The van der Waals surface area contributed by atoms with Crippen molar-refractivity contribution in [2.75, 3.05) is 5.32 Å². The van der Waals surface area contributed by atoms with E-state index >= 15 is 0 Å². The smallest absolute Gasteiger partial charge is 0.273 e. The first kappa shape index (κ1) is 9.60. The van der Waals surface area contributed by atoms with Crippen LogP contribution in [0.3, 0.4) is 0 Å². The van der Waals surface area contributed by atoms with Gasteiger partial charge in [-0.25, -0.2) is 4.98 Å². The summed E-state index contributed by atoms with van der Waals surface area (Å²) < 4.78 is 0. The molecule has 0 aromatic carbocycles. The van der Waals surface area contributed by atoms with E-state index in [2.05, 4.69) is 15.3 Å².